The van der Waals surface area contributed by atoms with Crippen molar-refractivity contribution in [1.29, 1.82) is 0 Å². The van der Waals surface area contributed by atoms with Crippen LogP contribution in [0, 0.1) is 0 Å². The van der Waals surface area contributed by atoms with Gasteiger partial charge in [-0.1, -0.05) is 12.1 Å². The normalized spacial score (nSPS) is 14.1. The Morgan fingerprint density at radius 2 is 2.17 bits per heavy atom. The lowest BCUT2D eigenvalue weighted by Crippen LogP contribution is -2.28. The second kappa shape index (κ2) is 6.51. The molecule has 1 saturated carbocycles. The van der Waals surface area contributed by atoms with E-state index in [1.165, 1.54) is 18.6 Å². The highest BCUT2D eigenvalue weighted by Crippen LogP contribution is 2.31. The highest BCUT2D eigenvalue weighted by Gasteiger charge is 2.20. The molecule has 0 saturated heterocycles. The summed E-state index contributed by atoms with van der Waals surface area (Å²) in [6.45, 7) is 0.254. The first-order valence-corrected chi connectivity index (χ1v) is 7.53. The van der Waals surface area contributed by atoms with Crippen LogP contribution in [0.3, 0.4) is 0 Å². The predicted molar refractivity (Wildman–Crippen MR) is 84.4 cm³/mol. The fourth-order valence-electron chi connectivity index (χ4n) is 2.43. The number of nitrogens with one attached hydrogen (secondary N) is 2. The molecule has 1 aromatic heterocycles. The third-order valence-corrected chi connectivity index (χ3v) is 3.94. The minimum Gasteiger partial charge on any atom is -0.478 e. The van der Waals surface area contributed by atoms with Crippen molar-refractivity contribution in [3.8, 4) is 0 Å². The van der Waals surface area contributed by atoms with E-state index < -0.39 is 5.97 Å². The van der Waals surface area contributed by atoms with E-state index in [1.54, 1.807) is 18.3 Å². The molecule has 2 amide bonds. The zero-order valence-corrected chi connectivity index (χ0v) is 12.5. The van der Waals surface area contributed by atoms with E-state index in [0.717, 1.165) is 18.4 Å². The number of carbonyl (C=O) groups is 2. The van der Waals surface area contributed by atoms with Gasteiger partial charge in [0.15, 0.2) is 0 Å². The monoisotopic (exact) mass is 314 g/mol. The first-order valence-electron chi connectivity index (χ1n) is 7.53. The summed E-state index contributed by atoms with van der Waals surface area (Å²) in [5.74, 6) is -0.986. The summed E-state index contributed by atoms with van der Waals surface area (Å²) >= 11 is 0. The third-order valence-electron chi connectivity index (χ3n) is 3.94. The average Bonchev–Trinajstić information content (AvgIpc) is 2.91. The van der Waals surface area contributed by atoms with Crippen LogP contribution in [0.1, 0.15) is 41.2 Å². The van der Waals surface area contributed by atoms with Crippen molar-refractivity contribution in [1.82, 2.24) is 15.1 Å². The van der Waals surface area contributed by atoms with Crippen LogP contribution in [0.5, 0.6) is 0 Å². The molecule has 3 rings (SSSR count). The molecule has 1 aliphatic carbocycles. The van der Waals surface area contributed by atoms with E-state index in [0.29, 0.717) is 11.7 Å². The number of carboxylic acids is 1. The number of aromatic nitrogens is 2. The molecule has 1 aromatic carbocycles. The fourth-order valence-corrected chi connectivity index (χ4v) is 2.43. The van der Waals surface area contributed by atoms with E-state index in [1.807, 2.05) is 10.9 Å². The van der Waals surface area contributed by atoms with Crippen molar-refractivity contribution >= 4 is 17.7 Å². The topological polar surface area (TPSA) is 96.2 Å². The van der Waals surface area contributed by atoms with Gasteiger partial charge >= 0.3 is 12.0 Å². The molecule has 0 bridgehead atoms. The second-order valence-electron chi connectivity index (χ2n) is 5.61. The van der Waals surface area contributed by atoms with Gasteiger partial charge in [-0.15, -0.1) is 0 Å². The maximum atomic E-state index is 11.9. The van der Waals surface area contributed by atoms with E-state index in [4.69, 9.17) is 5.11 Å². The maximum Gasteiger partial charge on any atom is 0.335 e. The van der Waals surface area contributed by atoms with Gasteiger partial charge in [-0.05, 0) is 37.0 Å². The molecule has 0 atom stereocenters. The number of carboxylic acid groups (broad SMARTS) is 1. The number of nitrogens with zero attached hydrogens (tertiary/aromatic N) is 2. The van der Waals surface area contributed by atoms with Crippen LogP contribution in [0.25, 0.3) is 0 Å². The van der Waals surface area contributed by atoms with Crippen LogP contribution >= 0.6 is 0 Å². The summed E-state index contributed by atoms with van der Waals surface area (Å²) in [5.41, 5.74) is 1.57. The Hall–Kier alpha value is -2.83. The van der Waals surface area contributed by atoms with Crippen molar-refractivity contribution in [2.45, 2.75) is 31.8 Å². The number of urea groups is 1. The van der Waals surface area contributed by atoms with E-state index >= 15 is 0 Å². The van der Waals surface area contributed by atoms with Crippen LogP contribution in [-0.4, -0.2) is 26.9 Å². The summed E-state index contributed by atoms with van der Waals surface area (Å²) < 4.78 is 1.88. The SMILES string of the molecule is O=C(NCc1cccc(C(=O)O)c1)Nc1cnn(C2CCC2)c1. The lowest BCUT2D eigenvalue weighted by Gasteiger charge is -2.25. The molecular weight excluding hydrogens is 296 g/mol. The number of rotatable bonds is 5. The minimum absolute atomic E-state index is 0.200. The van der Waals surface area contributed by atoms with Gasteiger partial charge in [-0.3, -0.25) is 4.68 Å². The van der Waals surface area contributed by atoms with Gasteiger partial charge in [0.25, 0.3) is 0 Å². The lowest BCUT2D eigenvalue weighted by molar-refractivity contribution is 0.0696. The zero-order chi connectivity index (χ0) is 16.2. The molecule has 1 aliphatic rings. The molecule has 1 fully saturated rings. The smallest absolute Gasteiger partial charge is 0.335 e. The third kappa shape index (κ3) is 3.68. The van der Waals surface area contributed by atoms with E-state index in [2.05, 4.69) is 15.7 Å². The Morgan fingerprint density at radius 3 is 2.87 bits per heavy atom. The number of carbonyl (C=O) groups excluding carboxylic acids is 1. The quantitative estimate of drug-likeness (QED) is 0.790. The maximum absolute atomic E-state index is 11.9. The average molecular weight is 314 g/mol. The molecule has 7 nitrogen and oxygen atoms in total. The van der Waals surface area contributed by atoms with Crippen molar-refractivity contribution in [3.63, 3.8) is 0 Å². The zero-order valence-electron chi connectivity index (χ0n) is 12.5. The van der Waals surface area contributed by atoms with Crippen LogP contribution in [0.2, 0.25) is 0 Å². The predicted octanol–water partition coefficient (Wildman–Crippen LogP) is 2.63. The highest BCUT2D eigenvalue weighted by molar-refractivity contribution is 5.89. The fraction of sp³-hybridized carbons (Fsp3) is 0.312. The van der Waals surface area contributed by atoms with Gasteiger partial charge in [-0.2, -0.15) is 5.10 Å². The molecule has 23 heavy (non-hydrogen) atoms. The Morgan fingerprint density at radius 1 is 1.35 bits per heavy atom. The van der Waals surface area contributed by atoms with Gasteiger partial charge in [-0.25, -0.2) is 9.59 Å². The van der Waals surface area contributed by atoms with E-state index in [9.17, 15) is 9.59 Å². The standard InChI is InChI=1S/C16H18N4O3/c21-15(22)12-4-1-3-11(7-12)8-17-16(23)19-13-9-18-20(10-13)14-5-2-6-14/h1,3-4,7,9-10,14H,2,5-6,8H2,(H,21,22)(H2,17,19,23). The number of anilines is 1. The molecule has 3 N–H and O–H groups in total. The Kier molecular flexibility index (Phi) is 4.27. The van der Waals surface area contributed by atoms with Crippen LogP contribution in [0.15, 0.2) is 36.7 Å². The molecular formula is C16H18N4O3. The summed E-state index contributed by atoms with van der Waals surface area (Å²) in [6, 6.07) is 6.58. The van der Waals surface area contributed by atoms with Gasteiger partial charge in [0, 0.05) is 12.7 Å². The summed E-state index contributed by atoms with van der Waals surface area (Å²) in [7, 11) is 0. The Bertz CT molecular complexity index is 722. The number of benzene rings is 1. The molecule has 0 unspecified atom stereocenters. The van der Waals surface area contributed by atoms with Crippen LogP contribution in [-0.2, 0) is 6.54 Å². The van der Waals surface area contributed by atoms with Crippen molar-refractivity contribution in [3.05, 3.63) is 47.8 Å². The summed E-state index contributed by atoms with van der Waals surface area (Å²) in [6.07, 6.45) is 6.95. The number of aromatic carboxylic acids is 1. The molecule has 1 heterocycles. The highest BCUT2D eigenvalue weighted by atomic mass is 16.4. The molecule has 0 aliphatic heterocycles. The van der Waals surface area contributed by atoms with Crippen molar-refractivity contribution in [2.24, 2.45) is 0 Å². The Balaban J connectivity index is 1.52. The number of hydrogen-bond donors (Lipinski definition) is 3. The first kappa shape index (κ1) is 15.1. The number of hydrogen-bond acceptors (Lipinski definition) is 3. The largest absolute Gasteiger partial charge is 0.478 e. The van der Waals surface area contributed by atoms with Gasteiger partial charge in [0.05, 0.1) is 23.5 Å². The molecule has 0 radical (unpaired) electrons. The summed E-state index contributed by atoms with van der Waals surface area (Å²) in [4.78, 5) is 22.8. The van der Waals surface area contributed by atoms with Crippen molar-refractivity contribution in [2.75, 3.05) is 5.32 Å². The van der Waals surface area contributed by atoms with Crippen LogP contribution < -0.4 is 10.6 Å². The molecule has 2 aromatic rings. The minimum atomic E-state index is -0.986. The van der Waals surface area contributed by atoms with E-state index in [-0.39, 0.29) is 18.1 Å². The summed E-state index contributed by atoms with van der Waals surface area (Å²) in [5, 5.41) is 18.6. The molecule has 0 spiro atoms. The Labute approximate surface area is 133 Å². The van der Waals surface area contributed by atoms with Gasteiger partial charge < -0.3 is 15.7 Å². The van der Waals surface area contributed by atoms with Crippen LogP contribution in [0.4, 0.5) is 10.5 Å². The lowest BCUT2D eigenvalue weighted by atomic mass is 9.93. The molecule has 120 valence electrons. The first-order chi connectivity index (χ1) is 11.1. The van der Waals surface area contributed by atoms with Gasteiger partial charge in [0.1, 0.15) is 0 Å². The van der Waals surface area contributed by atoms with Gasteiger partial charge in [0.2, 0.25) is 0 Å². The van der Waals surface area contributed by atoms with Crippen molar-refractivity contribution < 1.29 is 14.7 Å². The molecule has 7 heteroatoms. The second-order valence-corrected chi connectivity index (χ2v) is 5.61. The number of amides is 2.